The third-order valence-electron chi connectivity index (χ3n) is 4.28. The number of amides is 1. The second-order valence-electron chi connectivity index (χ2n) is 6.61. The van der Waals surface area contributed by atoms with E-state index < -0.39 is 10.0 Å². The lowest BCUT2D eigenvalue weighted by atomic mass is 10.1. The minimum Gasteiger partial charge on any atom is -0.491 e. The molecule has 1 N–H and O–H groups in total. The van der Waals surface area contributed by atoms with Gasteiger partial charge >= 0.3 is 0 Å². The van der Waals surface area contributed by atoms with Gasteiger partial charge in [-0.25, -0.2) is 8.42 Å². The van der Waals surface area contributed by atoms with Gasteiger partial charge in [0.25, 0.3) is 5.91 Å². The first-order valence-electron chi connectivity index (χ1n) is 8.62. The molecule has 0 aliphatic carbocycles. The van der Waals surface area contributed by atoms with E-state index in [1.165, 1.54) is 11.4 Å². The van der Waals surface area contributed by atoms with E-state index in [1.54, 1.807) is 25.1 Å². The van der Waals surface area contributed by atoms with E-state index in [0.29, 0.717) is 30.0 Å². The summed E-state index contributed by atoms with van der Waals surface area (Å²) in [6.07, 6.45) is 1.14. The Hall–Kier alpha value is -2.54. The van der Waals surface area contributed by atoms with Crippen LogP contribution in [0.2, 0.25) is 0 Å². The summed E-state index contributed by atoms with van der Waals surface area (Å²) in [4.78, 5) is 12.3. The van der Waals surface area contributed by atoms with Gasteiger partial charge in [0.15, 0.2) is 0 Å². The van der Waals surface area contributed by atoms with Crippen LogP contribution in [0.3, 0.4) is 0 Å². The fraction of sp³-hybridized carbons (Fsp3) is 0.350. The molecule has 0 unspecified atom stereocenters. The first-order valence-corrected chi connectivity index (χ1v) is 10.5. The normalized spacial score (nSPS) is 11.1. The van der Waals surface area contributed by atoms with Crippen LogP contribution in [-0.2, 0) is 10.0 Å². The van der Waals surface area contributed by atoms with Crippen LogP contribution < -0.4 is 14.4 Å². The molecule has 6 nitrogen and oxygen atoms in total. The van der Waals surface area contributed by atoms with E-state index in [2.05, 4.69) is 5.32 Å². The van der Waals surface area contributed by atoms with Gasteiger partial charge in [-0.2, -0.15) is 0 Å². The van der Waals surface area contributed by atoms with Gasteiger partial charge < -0.3 is 10.1 Å². The molecule has 2 aromatic carbocycles. The lowest BCUT2D eigenvalue weighted by Gasteiger charge is -2.19. The minimum absolute atomic E-state index is 0.226. The highest BCUT2D eigenvalue weighted by Crippen LogP contribution is 2.22. The second kappa shape index (κ2) is 8.43. The van der Waals surface area contributed by atoms with Crippen molar-refractivity contribution in [2.24, 2.45) is 0 Å². The highest BCUT2D eigenvalue weighted by Gasteiger charge is 2.15. The molecule has 0 saturated heterocycles. The van der Waals surface area contributed by atoms with Crippen molar-refractivity contribution in [3.63, 3.8) is 0 Å². The first-order chi connectivity index (χ1) is 12.6. The van der Waals surface area contributed by atoms with Crippen LogP contribution in [0, 0.1) is 20.8 Å². The number of anilines is 1. The standard InChI is InChI=1S/C20H26N2O4S/c1-14-6-7-15(2)19(12-14)26-11-10-21-20(23)17-8-9-18(16(3)13-17)22(4)27(5,24)25/h6-9,12-13H,10-11H2,1-5H3,(H,21,23). The molecule has 0 aromatic heterocycles. The summed E-state index contributed by atoms with van der Waals surface area (Å²) in [6.45, 7) is 6.49. The van der Waals surface area contributed by atoms with Crippen LogP contribution in [0.25, 0.3) is 0 Å². The fourth-order valence-corrected chi connectivity index (χ4v) is 3.18. The van der Waals surface area contributed by atoms with E-state index in [-0.39, 0.29) is 5.91 Å². The summed E-state index contributed by atoms with van der Waals surface area (Å²) in [7, 11) is -1.86. The van der Waals surface area contributed by atoms with E-state index in [1.807, 2.05) is 32.0 Å². The third-order valence-corrected chi connectivity index (χ3v) is 5.48. The van der Waals surface area contributed by atoms with Crippen molar-refractivity contribution in [3.05, 3.63) is 58.7 Å². The summed E-state index contributed by atoms with van der Waals surface area (Å²) in [5.41, 5.74) is 3.90. The van der Waals surface area contributed by atoms with Crippen molar-refractivity contribution in [1.82, 2.24) is 5.32 Å². The second-order valence-corrected chi connectivity index (χ2v) is 8.62. The number of ether oxygens (including phenoxy) is 1. The number of carbonyl (C=O) groups excluding carboxylic acids is 1. The summed E-state index contributed by atoms with van der Waals surface area (Å²) >= 11 is 0. The third kappa shape index (κ3) is 5.47. The predicted octanol–water partition coefficient (Wildman–Crippen LogP) is 2.82. The van der Waals surface area contributed by atoms with Crippen LogP contribution in [0.4, 0.5) is 5.69 Å². The number of carbonyl (C=O) groups is 1. The molecular formula is C20H26N2O4S. The van der Waals surface area contributed by atoms with Gasteiger partial charge in [-0.15, -0.1) is 0 Å². The molecule has 2 aromatic rings. The maximum atomic E-state index is 12.3. The molecule has 0 atom stereocenters. The molecule has 0 spiro atoms. The SMILES string of the molecule is Cc1ccc(C)c(OCCNC(=O)c2ccc(N(C)S(C)(=O)=O)c(C)c2)c1. The number of nitrogens with zero attached hydrogens (tertiary/aromatic N) is 1. The number of benzene rings is 2. The Bertz CT molecular complexity index is 939. The Morgan fingerprint density at radius 3 is 2.41 bits per heavy atom. The number of rotatable bonds is 7. The van der Waals surface area contributed by atoms with Gasteiger partial charge in [-0.3, -0.25) is 9.10 Å². The average molecular weight is 391 g/mol. The maximum Gasteiger partial charge on any atom is 0.251 e. The van der Waals surface area contributed by atoms with Crippen LogP contribution >= 0.6 is 0 Å². The quantitative estimate of drug-likeness (QED) is 0.738. The van der Waals surface area contributed by atoms with Crippen LogP contribution in [0.15, 0.2) is 36.4 Å². The number of aryl methyl sites for hydroxylation is 3. The van der Waals surface area contributed by atoms with E-state index >= 15 is 0 Å². The van der Waals surface area contributed by atoms with Crippen molar-refractivity contribution >= 4 is 21.6 Å². The highest BCUT2D eigenvalue weighted by molar-refractivity contribution is 7.92. The number of hydrogen-bond acceptors (Lipinski definition) is 4. The Kier molecular flexibility index (Phi) is 6.49. The largest absolute Gasteiger partial charge is 0.491 e. The highest BCUT2D eigenvalue weighted by atomic mass is 32.2. The molecule has 0 bridgehead atoms. The average Bonchev–Trinajstić information content (AvgIpc) is 2.59. The maximum absolute atomic E-state index is 12.3. The summed E-state index contributed by atoms with van der Waals surface area (Å²) in [6, 6.07) is 10.9. The van der Waals surface area contributed by atoms with Crippen molar-refractivity contribution in [2.75, 3.05) is 30.8 Å². The molecule has 7 heteroatoms. The van der Waals surface area contributed by atoms with Gasteiger partial charge in [0.05, 0.1) is 18.5 Å². The van der Waals surface area contributed by atoms with Crippen LogP contribution in [-0.4, -0.2) is 40.8 Å². The Morgan fingerprint density at radius 2 is 1.78 bits per heavy atom. The number of hydrogen-bond donors (Lipinski definition) is 1. The zero-order chi connectivity index (χ0) is 20.2. The monoisotopic (exact) mass is 390 g/mol. The lowest BCUT2D eigenvalue weighted by Crippen LogP contribution is -2.29. The van der Waals surface area contributed by atoms with Gasteiger partial charge in [-0.05, 0) is 61.7 Å². The van der Waals surface area contributed by atoms with Crippen LogP contribution in [0.5, 0.6) is 5.75 Å². The van der Waals surface area contributed by atoms with Crippen molar-refractivity contribution < 1.29 is 17.9 Å². The minimum atomic E-state index is -3.35. The van der Waals surface area contributed by atoms with Gasteiger partial charge in [0.2, 0.25) is 10.0 Å². The first kappa shape index (κ1) is 20.8. The predicted molar refractivity (Wildman–Crippen MR) is 108 cm³/mol. The van der Waals surface area contributed by atoms with Gasteiger partial charge in [0, 0.05) is 12.6 Å². The smallest absolute Gasteiger partial charge is 0.251 e. The van der Waals surface area contributed by atoms with Crippen molar-refractivity contribution in [3.8, 4) is 5.75 Å². The zero-order valence-electron chi connectivity index (χ0n) is 16.4. The summed E-state index contributed by atoms with van der Waals surface area (Å²) in [5.74, 6) is 0.587. The molecule has 1 amide bonds. The molecule has 0 aliphatic heterocycles. The van der Waals surface area contributed by atoms with Gasteiger partial charge in [-0.1, -0.05) is 12.1 Å². The van der Waals surface area contributed by atoms with Crippen LogP contribution in [0.1, 0.15) is 27.0 Å². The summed E-state index contributed by atoms with van der Waals surface area (Å²) < 4.78 is 30.3. The Balaban J connectivity index is 1.94. The molecular weight excluding hydrogens is 364 g/mol. The molecule has 0 saturated carbocycles. The molecule has 146 valence electrons. The molecule has 2 rings (SSSR count). The molecule has 0 fully saturated rings. The number of nitrogens with one attached hydrogen (secondary N) is 1. The molecule has 0 heterocycles. The molecule has 0 aliphatic rings. The van der Waals surface area contributed by atoms with E-state index in [0.717, 1.165) is 23.1 Å². The van der Waals surface area contributed by atoms with Crippen molar-refractivity contribution in [2.45, 2.75) is 20.8 Å². The van der Waals surface area contributed by atoms with Crippen molar-refractivity contribution in [1.29, 1.82) is 0 Å². The van der Waals surface area contributed by atoms with E-state index in [4.69, 9.17) is 4.74 Å². The van der Waals surface area contributed by atoms with E-state index in [9.17, 15) is 13.2 Å². The molecule has 27 heavy (non-hydrogen) atoms. The molecule has 0 radical (unpaired) electrons. The Labute approximate surface area is 161 Å². The fourth-order valence-electron chi connectivity index (χ4n) is 2.62. The lowest BCUT2D eigenvalue weighted by molar-refractivity contribution is 0.0947. The zero-order valence-corrected chi connectivity index (χ0v) is 17.2. The summed E-state index contributed by atoms with van der Waals surface area (Å²) in [5, 5.41) is 2.81. The Morgan fingerprint density at radius 1 is 1.07 bits per heavy atom. The topological polar surface area (TPSA) is 75.7 Å². The van der Waals surface area contributed by atoms with Gasteiger partial charge in [0.1, 0.15) is 12.4 Å². The number of sulfonamides is 1.